The largest absolute Gasteiger partial charge is 0.337 e. The molecule has 0 aliphatic rings. The van der Waals surface area contributed by atoms with Crippen molar-refractivity contribution in [3.8, 4) is 6.07 Å². The lowest BCUT2D eigenvalue weighted by atomic mass is 10.1. The number of hydrogen-bond acceptors (Lipinski definition) is 3. The van der Waals surface area contributed by atoms with E-state index in [1.807, 2.05) is 24.3 Å². The Balaban J connectivity index is 2.09. The molecule has 5 heteroatoms. The molecular formula is C18H18N2O2S. The second kappa shape index (κ2) is 7.70. The van der Waals surface area contributed by atoms with Crippen LogP contribution in [0, 0.1) is 11.3 Å². The van der Waals surface area contributed by atoms with Gasteiger partial charge in [0.15, 0.2) is 0 Å². The first-order valence-electron chi connectivity index (χ1n) is 7.13. The van der Waals surface area contributed by atoms with Crippen molar-refractivity contribution < 1.29 is 9.00 Å². The average molecular weight is 326 g/mol. The van der Waals surface area contributed by atoms with Crippen LogP contribution in [0.15, 0.2) is 48.5 Å². The van der Waals surface area contributed by atoms with E-state index in [0.717, 1.165) is 11.1 Å². The van der Waals surface area contributed by atoms with Gasteiger partial charge in [-0.3, -0.25) is 9.00 Å². The highest BCUT2D eigenvalue weighted by molar-refractivity contribution is 7.83. The summed E-state index contributed by atoms with van der Waals surface area (Å²) in [5, 5.41) is 8.80. The van der Waals surface area contributed by atoms with Gasteiger partial charge in [-0.25, -0.2) is 0 Å². The van der Waals surface area contributed by atoms with E-state index in [2.05, 4.69) is 6.07 Å². The number of nitriles is 1. The summed E-state index contributed by atoms with van der Waals surface area (Å²) in [5.41, 5.74) is 3.04. The molecule has 0 aromatic heterocycles. The minimum Gasteiger partial charge on any atom is -0.337 e. The summed E-state index contributed by atoms with van der Waals surface area (Å²) in [6.07, 6.45) is 1.64. The second-order valence-electron chi connectivity index (χ2n) is 5.39. The van der Waals surface area contributed by atoms with E-state index in [1.165, 1.54) is 0 Å². The van der Waals surface area contributed by atoms with Crippen LogP contribution in [-0.4, -0.2) is 28.3 Å². The average Bonchev–Trinajstić information content (AvgIpc) is 2.54. The molecule has 0 aliphatic heterocycles. The van der Waals surface area contributed by atoms with Crippen LogP contribution >= 0.6 is 0 Å². The standard InChI is InChI=1S/C18H18N2O2S/c1-20(12-15-8-6-14(11-19)7-9-15)18(21)17-5-3-4-16(10-17)13-23(2)22/h3-10H,12-13H2,1-2H3. The smallest absolute Gasteiger partial charge is 0.253 e. The molecule has 0 spiro atoms. The third-order valence-corrected chi connectivity index (χ3v) is 4.13. The minimum atomic E-state index is -0.935. The SMILES string of the molecule is CN(Cc1ccc(C#N)cc1)C(=O)c1cccc(CS(C)=O)c1. The zero-order valence-electron chi connectivity index (χ0n) is 13.2. The lowest BCUT2D eigenvalue weighted by Gasteiger charge is -2.18. The van der Waals surface area contributed by atoms with Gasteiger partial charge in [-0.1, -0.05) is 24.3 Å². The van der Waals surface area contributed by atoms with Gasteiger partial charge in [-0.2, -0.15) is 5.26 Å². The molecular weight excluding hydrogens is 308 g/mol. The third kappa shape index (κ3) is 4.76. The summed E-state index contributed by atoms with van der Waals surface area (Å²) < 4.78 is 11.3. The van der Waals surface area contributed by atoms with Gasteiger partial charge in [-0.15, -0.1) is 0 Å². The van der Waals surface area contributed by atoms with Gasteiger partial charge in [0.05, 0.1) is 11.6 Å². The Morgan fingerprint density at radius 2 is 1.87 bits per heavy atom. The van der Waals surface area contributed by atoms with Crippen LogP contribution in [0.25, 0.3) is 0 Å². The fraction of sp³-hybridized carbons (Fsp3) is 0.222. The van der Waals surface area contributed by atoms with Crippen molar-refractivity contribution in [2.24, 2.45) is 0 Å². The Bertz CT molecular complexity index is 763. The molecule has 1 atom stereocenters. The molecule has 0 N–H and O–H groups in total. The fourth-order valence-corrected chi connectivity index (χ4v) is 2.93. The van der Waals surface area contributed by atoms with Crippen LogP contribution in [-0.2, 0) is 23.1 Å². The van der Waals surface area contributed by atoms with Crippen molar-refractivity contribution in [1.29, 1.82) is 5.26 Å². The molecule has 0 radical (unpaired) electrons. The van der Waals surface area contributed by atoms with E-state index in [4.69, 9.17) is 5.26 Å². The van der Waals surface area contributed by atoms with E-state index in [-0.39, 0.29) is 5.91 Å². The Morgan fingerprint density at radius 3 is 2.48 bits per heavy atom. The summed E-state index contributed by atoms with van der Waals surface area (Å²) in [6.45, 7) is 0.467. The number of carbonyl (C=O) groups is 1. The molecule has 0 saturated heterocycles. The van der Waals surface area contributed by atoms with E-state index >= 15 is 0 Å². The summed E-state index contributed by atoms with van der Waals surface area (Å²) in [7, 11) is 0.806. The lowest BCUT2D eigenvalue weighted by Crippen LogP contribution is -2.26. The minimum absolute atomic E-state index is 0.0851. The highest BCUT2D eigenvalue weighted by Crippen LogP contribution is 2.12. The number of hydrogen-bond donors (Lipinski definition) is 0. The number of carbonyl (C=O) groups excluding carboxylic acids is 1. The molecule has 2 rings (SSSR count). The normalized spacial score (nSPS) is 11.5. The highest BCUT2D eigenvalue weighted by atomic mass is 32.2. The van der Waals surface area contributed by atoms with Crippen LogP contribution in [0.4, 0.5) is 0 Å². The topological polar surface area (TPSA) is 61.2 Å². The molecule has 1 unspecified atom stereocenters. The molecule has 2 aromatic carbocycles. The van der Waals surface area contributed by atoms with Gasteiger partial charge < -0.3 is 4.90 Å². The fourth-order valence-electron chi connectivity index (χ4n) is 2.28. The molecule has 0 aliphatic carbocycles. The van der Waals surface area contributed by atoms with Crippen molar-refractivity contribution in [3.63, 3.8) is 0 Å². The summed E-state index contributed by atoms with van der Waals surface area (Å²) >= 11 is 0. The van der Waals surface area contributed by atoms with Crippen LogP contribution in [0.1, 0.15) is 27.0 Å². The maximum absolute atomic E-state index is 12.5. The van der Waals surface area contributed by atoms with Crippen molar-refractivity contribution in [1.82, 2.24) is 4.90 Å². The Morgan fingerprint density at radius 1 is 1.17 bits per heavy atom. The predicted octanol–water partition coefficient (Wildman–Crippen LogP) is 2.71. The molecule has 4 nitrogen and oxygen atoms in total. The maximum atomic E-state index is 12.5. The zero-order valence-corrected chi connectivity index (χ0v) is 14.0. The first kappa shape index (κ1) is 16.9. The summed E-state index contributed by atoms with van der Waals surface area (Å²) in [6, 6.07) is 16.5. The molecule has 0 saturated carbocycles. The summed E-state index contributed by atoms with van der Waals surface area (Å²) in [4.78, 5) is 14.1. The van der Waals surface area contributed by atoms with Gasteiger partial charge in [-0.05, 0) is 35.4 Å². The predicted molar refractivity (Wildman–Crippen MR) is 91.2 cm³/mol. The lowest BCUT2D eigenvalue weighted by molar-refractivity contribution is 0.0785. The van der Waals surface area contributed by atoms with Crippen LogP contribution in [0.5, 0.6) is 0 Å². The molecule has 118 valence electrons. The Kier molecular flexibility index (Phi) is 5.67. The molecule has 0 bridgehead atoms. The van der Waals surface area contributed by atoms with Gasteiger partial charge in [0.25, 0.3) is 5.91 Å². The van der Waals surface area contributed by atoms with E-state index < -0.39 is 10.8 Å². The van der Waals surface area contributed by atoms with E-state index in [1.54, 1.807) is 42.5 Å². The van der Waals surface area contributed by atoms with Crippen LogP contribution in [0.3, 0.4) is 0 Å². The third-order valence-electron chi connectivity index (χ3n) is 3.39. The van der Waals surface area contributed by atoms with E-state index in [0.29, 0.717) is 23.4 Å². The first-order valence-corrected chi connectivity index (χ1v) is 8.86. The molecule has 1 amide bonds. The van der Waals surface area contributed by atoms with Crippen LogP contribution in [0.2, 0.25) is 0 Å². The number of amides is 1. The molecule has 23 heavy (non-hydrogen) atoms. The van der Waals surface area contributed by atoms with Crippen molar-refractivity contribution in [2.75, 3.05) is 13.3 Å². The zero-order chi connectivity index (χ0) is 16.8. The second-order valence-corrected chi connectivity index (χ2v) is 6.82. The monoisotopic (exact) mass is 326 g/mol. The van der Waals surface area contributed by atoms with Gasteiger partial charge in [0.2, 0.25) is 0 Å². The Hall–Kier alpha value is -2.45. The van der Waals surface area contributed by atoms with Gasteiger partial charge in [0, 0.05) is 42.0 Å². The summed E-state index contributed by atoms with van der Waals surface area (Å²) in [5.74, 6) is 0.360. The quantitative estimate of drug-likeness (QED) is 0.849. The Labute approximate surface area is 138 Å². The van der Waals surface area contributed by atoms with E-state index in [9.17, 15) is 9.00 Å². The van der Waals surface area contributed by atoms with Gasteiger partial charge >= 0.3 is 0 Å². The maximum Gasteiger partial charge on any atom is 0.253 e. The first-order chi connectivity index (χ1) is 11.0. The van der Waals surface area contributed by atoms with Crippen molar-refractivity contribution >= 4 is 16.7 Å². The molecule has 2 aromatic rings. The molecule has 0 heterocycles. The van der Waals surface area contributed by atoms with Crippen molar-refractivity contribution in [2.45, 2.75) is 12.3 Å². The van der Waals surface area contributed by atoms with Crippen molar-refractivity contribution in [3.05, 3.63) is 70.8 Å². The number of benzene rings is 2. The number of nitrogens with zero attached hydrogens (tertiary/aromatic N) is 2. The van der Waals surface area contributed by atoms with Gasteiger partial charge in [0.1, 0.15) is 0 Å². The highest BCUT2D eigenvalue weighted by Gasteiger charge is 2.12. The number of rotatable bonds is 5. The molecule has 0 fully saturated rings. The van der Waals surface area contributed by atoms with Crippen LogP contribution < -0.4 is 0 Å².